The molecule has 0 spiro atoms. The van der Waals surface area contributed by atoms with Gasteiger partial charge in [-0.1, -0.05) is 12.1 Å². The summed E-state index contributed by atoms with van der Waals surface area (Å²) in [6, 6.07) is 3.71. The van der Waals surface area contributed by atoms with Gasteiger partial charge in [-0.3, -0.25) is 0 Å². The highest BCUT2D eigenvalue weighted by atomic mass is 79.9. The lowest BCUT2D eigenvalue weighted by Crippen LogP contribution is -2.12. The molecule has 2 aromatic heterocycles. The third kappa shape index (κ3) is 2.65. The van der Waals surface area contributed by atoms with Crippen LogP contribution in [0.25, 0.3) is 11.6 Å². The minimum absolute atomic E-state index is 0.445. The van der Waals surface area contributed by atoms with Crippen molar-refractivity contribution in [2.45, 2.75) is 13.5 Å². The molecule has 1 N–H and O–H groups in total. The van der Waals surface area contributed by atoms with Gasteiger partial charge in [-0.15, -0.1) is 0 Å². The first kappa shape index (κ1) is 11.2. The van der Waals surface area contributed by atoms with Crippen molar-refractivity contribution in [2.75, 3.05) is 6.54 Å². The highest BCUT2D eigenvalue weighted by Crippen LogP contribution is 2.16. The molecule has 0 unspecified atom stereocenters. The van der Waals surface area contributed by atoms with Gasteiger partial charge in [0.2, 0.25) is 0 Å². The van der Waals surface area contributed by atoms with E-state index in [0.29, 0.717) is 24.0 Å². The van der Waals surface area contributed by atoms with E-state index in [1.807, 2.05) is 19.1 Å². The van der Waals surface area contributed by atoms with Crippen molar-refractivity contribution in [3.05, 3.63) is 28.6 Å². The normalized spacial score (nSPS) is 10.6. The molecule has 0 radical (unpaired) electrons. The Hall–Kier alpha value is -1.27. The fourth-order valence-electron chi connectivity index (χ4n) is 1.17. The molecule has 0 aliphatic rings. The molecule has 0 bridgehead atoms. The van der Waals surface area contributed by atoms with E-state index in [1.54, 1.807) is 6.20 Å². The second-order valence-corrected chi connectivity index (χ2v) is 4.07. The number of pyridine rings is 1. The van der Waals surface area contributed by atoms with Crippen molar-refractivity contribution >= 4 is 15.9 Å². The van der Waals surface area contributed by atoms with E-state index in [-0.39, 0.29) is 0 Å². The molecule has 16 heavy (non-hydrogen) atoms. The highest BCUT2D eigenvalue weighted by Gasteiger charge is 2.08. The first-order valence-corrected chi connectivity index (χ1v) is 5.74. The quantitative estimate of drug-likeness (QED) is 0.929. The van der Waals surface area contributed by atoms with Crippen LogP contribution >= 0.6 is 15.9 Å². The van der Waals surface area contributed by atoms with Gasteiger partial charge in [-0.25, -0.2) is 4.98 Å². The van der Waals surface area contributed by atoms with Crippen LogP contribution in [0.5, 0.6) is 0 Å². The topological polar surface area (TPSA) is 63.8 Å². The van der Waals surface area contributed by atoms with Crippen LogP contribution in [-0.2, 0) is 6.54 Å². The molecule has 0 aromatic carbocycles. The number of rotatable bonds is 4. The third-order valence-electron chi connectivity index (χ3n) is 1.95. The second kappa shape index (κ2) is 5.18. The molecule has 0 aliphatic carbocycles. The van der Waals surface area contributed by atoms with E-state index in [0.717, 1.165) is 11.0 Å². The van der Waals surface area contributed by atoms with Gasteiger partial charge < -0.3 is 9.84 Å². The number of nitrogens with one attached hydrogen (secondary N) is 1. The van der Waals surface area contributed by atoms with Gasteiger partial charge >= 0.3 is 0 Å². The smallest absolute Gasteiger partial charge is 0.276 e. The number of aromatic nitrogens is 3. The maximum absolute atomic E-state index is 5.11. The molecular weight excluding hydrogens is 272 g/mol. The summed E-state index contributed by atoms with van der Waals surface area (Å²) in [6.07, 6.45) is 1.70. The van der Waals surface area contributed by atoms with Crippen LogP contribution < -0.4 is 5.32 Å². The predicted octanol–water partition coefficient (Wildman–Crippen LogP) is 2.00. The Morgan fingerprint density at radius 1 is 1.44 bits per heavy atom. The fourth-order valence-corrected chi connectivity index (χ4v) is 1.40. The van der Waals surface area contributed by atoms with Crippen LogP contribution in [0.15, 0.2) is 27.3 Å². The van der Waals surface area contributed by atoms with Crippen molar-refractivity contribution in [1.82, 2.24) is 20.4 Å². The van der Waals surface area contributed by atoms with Crippen molar-refractivity contribution < 1.29 is 4.52 Å². The van der Waals surface area contributed by atoms with Gasteiger partial charge in [0.15, 0.2) is 5.82 Å². The molecule has 84 valence electrons. The number of halogens is 1. The minimum Gasteiger partial charge on any atom is -0.332 e. The number of hydrogen-bond donors (Lipinski definition) is 1. The van der Waals surface area contributed by atoms with Crippen LogP contribution in [0.2, 0.25) is 0 Å². The lowest BCUT2D eigenvalue weighted by atomic mass is 10.3. The zero-order valence-corrected chi connectivity index (χ0v) is 10.4. The van der Waals surface area contributed by atoms with Crippen molar-refractivity contribution in [3.63, 3.8) is 0 Å². The van der Waals surface area contributed by atoms with Crippen molar-refractivity contribution in [3.8, 4) is 11.6 Å². The van der Waals surface area contributed by atoms with Gasteiger partial charge in [0.25, 0.3) is 5.89 Å². The molecule has 0 aliphatic heterocycles. The van der Waals surface area contributed by atoms with E-state index in [2.05, 4.69) is 36.4 Å². The molecule has 0 saturated heterocycles. The van der Waals surface area contributed by atoms with Crippen molar-refractivity contribution in [1.29, 1.82) is 0 Å². The van der Waals surface area contributed by atoms with E-state index in [9.17, 15) is 0 Å². The van der Waals surface area contributed by atoms with Crippen LogP contribution in [0.3, 0.4) is 0 Å². The standard InChI is InChI=1S/C10H11BrN4O/c1-2-12-6-9-14-10(16-15-9)8-4-3-7(11)5-13-8/h3-5,12H,2,6H2,1H3. The molecular formula is C10H11BrN4O. The molecule has 5 nitrogen and oxygen atoms in total. The molecule has 6 heteroatoms. The lowest BCUT2D eigenvalue weighted by molar-refractivity contribution is 0.418. The average molecular weight is 283 g/mol. The van der Waals surface area contributed by atoms with E-state index >= 15 is 0 Å². The Bertz CT molecular complexity index is 454. The highest BCUT2D eigenvalue weighted by molar-refractivity contribution is 9.10. The van der Waals surface area contributed by atoms with Crippen LogP contribution in [0, 0.1) is 0 Å². The third-order valence-corrected chi connectivity index (χ3v) is 2.42. The van der Waals surface area contributed by atoms with Crippen molar-refractivity contribution in [2.24, 2.45) is 0 Å². The van der Waals surface area contributed by atoms with Gasteiger partial charge in [0.05, 0.1) is 6.54 Å². The average Bonchev–Trinajstić information content (AvgIpc) is 2.76. The molecule has 2 rings (SSSR count). The summed E-state index contributed by atoms with van der Waals surface area (Å²) >= 11 is 3.32. The minimum atomic E-state index is 0.445. The summed E-state index contributed by atoms with van der Waals surface area (Å²) in [5.74, 6) is 1.09. The monoisotopic (exact) mass is 282 g/mol. The predicted molar refractivity (Wildman–Crippen MR) is 62.6 cm³/mol. The summed E-state index contributed by atoms with van der Waals surface area (Å²) in [5.41, 5.74) is 0.679. The Labute approximate surface area is 101 Å². The molecule has 0 atom stereocenters. The zero-order valence-electron chi connectivity index (χ0n) is 8.77. The Balaban J connectivity index is 2.15. The summed E-state index contributed by atoms with van der Waals surface area (Å²) in [6.45, 7) is 3.51. The molecule has 0 fully saturated rings. The first-order chi connectivity index (χ1) is 7.79. The van der Waals surface area contributed by atoms with Crippen LogP contribution in [-0.4, -0.2) is 21.7 Å². The SMILES string of the molecule is CCNCc1noc(-c2ccc(Br)cn2)n1. The Morgan fingerprint density at radius 2 is 2.31 bits per heavy atom. The molecule has 2 heterocycles. The van der Waals surface area contributed by atoms with Gasteiger partial charge in [0, 0.05) is 10.7 Å². The maximum Gasteiger partial charge on any atom is 0.276 e. The van der Waals surface area contributed by atoms with Gasteiger partial charge in [0.1, 0.15) is 5.69 Å². The fraction of sp³-hybridized carbons (Fsp3) is 0.300. The van der Waals surface area contributed by atoms with Gasteiger partial charge in [-0.2, -0.15) is 4.98 Å². The van der Waals surface area contributed by atoms with E-state index < -0.39 is 0 Å². The molecule has 0 amide bonds. The van der Waals surface area contributed by atoms with Gasteiger partial charge in [-0.05, 0) is 34.6 Å². The second-order valence-electron chi connectivity index (χ2n) is 3.16. The summed E-state index contributed by atoms with van der Waals surface area (Å²) in [7, 11) is 0. The largest absolute Gasteiger partial charge is 0.332 e. The summed E-state index contributed by atoms with van der Waals surface area (Å²) < 4.78 is 6.03. The molecule has 2 aromatic rings. The lowest BCUT2D eigenvalue weighted by Gasteiger charge is -1.93. The zero-order chi connectivity index (χ0) is 11.4. The molecule has 0 saturated carbocycles. The first-order valence-electron chi connectivity index (χ1n) is 4.95. The summed E-state index contributed by atoms with van der Waals surface area (Å²) in [4.78, 5) is 8.41. The Kier molecular flexibility index (Phi) is 3.63. The van der Waals surface area contributed by atoms with Crippen LogP contribution in [0.1, 0.15) is 12.7 Å². The number of hydrogen-bond acceptors (Lipinski definition) is 5. The number of nitrogens with zero attached hydrogens (tertiary/aromatic N) is 3. The maximum atomic E-state index is 5.11. The van der Waals surface area contributed by atoms with E-state index in [4.69, 9.17) is 4.52 Å². The van der Waals surface area contributed by atoms with Crippen LogP contribution in [0.4, 0.5) is 0 Å². The van der Waals surface area contributed by atoms with E-state index in [1.165, 1.54) is 0 Å². The Morgan fingerprint density at radius 3 is 3.00 bits per heavy atom. The summed E-state index contributed by atoms with van der Waals surface area (Å²) in [5, 5.41) is 6.98.